The van der Waals surface area contributed by atoms with Crippen LogP contribution in [-0.2, 0) is 9.53 Å². The van der Waals surface area contributed by atoms with Crippen molar-refractivity contribution in [2.45, 2.75) is 19.8 Å². The van der Waals surface area contributed by atoms with Crippen molar-refractivity contribution in [1.29, 1.82) is 0 Å². The largest absolute Gasteiger partial charge is 0.378 e. The zero-order valence-electron chi connectivity index (χ0n) is 13.5. The van der Waals surface area contributed by atoms with Gasteiger partial charge in [-0.3, -0.25) is 14.6 Å². The first-order valence-electron chi connectivity index (χ1n) is 8.23. The summed E-state index contributed by atoms with van der Waals surface area (Å²) < 4.78 is 5.30. The molecule has 2 aliphatic heterocycles. The van der Waals surface area contributed by atoms with Gasteiger partial charge in [0.2, 0.25) is 5.91 Å². The van der Waals surface area contributed by atoms with Crippen LogP contribution in [0.25, 0.3) is 0 Å². The lowest BCUT2D eigenvalue weighted by Crippen LogP contribution is -2.49. The van der Waals surface area contributed by atoms with Gasteiger partial charge in [-0.25, -0.2) is 0 Å². The standard InChI is InChI=1S/C17H23N3O3/c1-13-4-5-14(11-18-13)16(21)20-6-2-3-15(12-20)17(22)19-7-9-23-10-8-19/h4-5,11,15H,2-3,6-10,12H2,1H3. The van der Waals surface area contributed by atoms with Crippen LogP contribution in [0.2, 0.25) is 0 Å². The first-order chi connectivity index (χ1) is 11.1. The molecular formula is C17H23N3O3. The number of carbonyl (C=O) groups excluding carboxylic acids is 2. The lowest BCUT2D eigenvalue weighted by molar-refractivity contribution is -0.141. The van der Waals surface area contributed by atoms with Crippen molar-refractivity contribution in [3.05, 3.63) is 29.6 Å². The zero-order chi connectivity index (χ0) is 16.2. The van der Waals surface area contributed by atoms with Crippen LogP contribution < -0.4 is 0 Å². The van der Waals surface area contributed by atoms with Crippen molar-refractivity contribution in [3.8, 4) is 0 Å². The minimum absolute atomic E-state index is 0.0306. The van der Waals surface area contributed by atoms with Crippen LogP contribution in [0.3, 0.4) is 0 Å². The molecule has 1 aromatic heterocycles. The SMILES string of the molecule is Cc1ccc(C(=O)N2CCCC(C(=O)N3CCOCC3)C2)cn1. The Balaban J connectivity index is 1.64. The van der Waals surface area contributed by atoms with E-state index in [4.69, 9.17) is 4.74 Å². The summed E-state index contributed by atoms with van der Waals surface area (Å²) in [6.07, 6.45) is 3.34. The van der Waals surface area contributed by atoms with Gasteiger partial charge in [0.15, 0.2) is 0 Å². The number of nitrogens with zero attached hydrogens (tertiary/aromatic N) is 3. The minimum atomic E-state index is -0.0933. The van der Waals surface area contributed by atoms with Crippen LogP contribution in [0.15, 0.2) is 18.3 Å². The molecule has 1 unspecified atom stereocenters. The van der Waals surface area contributed by atoms with Gasteiger partial charge in [-0.05, 0) is 31.9 Å². The van der Waals surface area contributed by atoms with Crippen LogP contribution in [0, 0.1) is 12.8 Å². The van der Waals surface area contributed by atoms with Gasteiger partial charge in [-0.1, -0.05) is 0 Å². The number of hydrogen-bond donors (Lipinski definition) is 0. The Labute approximate surface area is 136 Å². The number of aryl methyl sites for hydroxylation is 1. The third kappa shape index (κ3) is 3.69. The van der Waals surface area contributed by atoms with Crippen LogP contribution in [0.1, 0.15) is 28.9 Å². The van der Waals surface area contributed by atoms with E-state index in [-0.39, 0.29) is 17.7 Å². The van der Waals surface area contributed by atoms with Crippen molar-refractivity contribution in [2.24, 2.45) is 5.92 Å². The lowest BCUT2D eigenvalue weighted by atomic mass is 9.95. The molecule has 1 aromatic rings. The average molecular weight is 317 g/mol. The van der Waals surface area contributed by atoms with Crippen molar-refractivity contribution in [3.63, 3.8) is 0 Å². The summed E-state index contributed by atoms with van der Waals surface area (Å²) in [7, 11) is 0. The summed E-state index contributed by atoms with van der Waals surface area (Å²) in [6.45, 7) is 5.64. The second-order valence-corrected chi connectivity index (χ2v) is 6.22. The molecule has 0 saturated carbocycles. The van der Waals surface area contributed by atoms with E-state index in [1.54, 1.807) is 17.2 Å². The van der Waals surface area contributed by atoms with E-state index in [0.29, 0.717) is 45.0 Å². The predicted molar refractivity (Wildman–Crippen MR) is 85.0 cm³/mol. The fourth-order valence-electron chi connectivity index (χ4n) is 3.18. The smallest absolute Gasteiger partial charge is 0.255 e. The maximum atomic E-state index is 12.6. The van der Waals surface area contributed by atoms with Gasteiger partial charge in [0.25, 0.3) is 5.91 Å². The highest BCUT2D eigenvalue weighted by Gasteiger charge is 2.32. The Morgan fingerprint density at radius 2 is 1.96 bits per heavy atom. The molecule has 2 aliphatic rings. The highest BCUT2D eigenvalue weighted by atomic mass is 16.5. The third-order valence-electron chi connectivity index (χ3n) is 4.54. The lowest BCUT2D eigenvalue weighted by Gasteiger charge is -2.36. The molecule has 0 aromatic carbocycles. The molecule has 2 fully saturated rings. The topological polar surface area (TPSA) is 62.7 Å². The summed E-state index contributed by atoms with van der Waals surface area (Å²) in [5, 5.41) is 0. The molecular weight excluding hydrogens is 294 g/mol. The van der Waals surface area contributed by atoms with Gasteiger partial charge in [-0.15, -0.1) is 0 Å². The Bertz CT molecular complexity index is 567. The minimum Gasteiger partial charge on any atom is -0.378 e. The first kappa shape index (κ1) is 15.9. The number of hydrogen-bond acceptors (Lipinski definition) is 4. The molecule has 0 N–H and O–H groups in total. The fourth-order valence-corrected chi connectivity index (χ4v) is 3.18. The van der Waals surface area contributed by atoms with Gasteiger partial charge in [0.1, 0.15) is 0 Å². The van der Waals surface area contributed by atoms with E-state index in [1.807, 2.05) is 17.9 Å². The molecule has 6 heteroatoms. The van der Waals surface area contributed by atoms with Gasteiger partial charge in [0.05, 0.1) is 24.7 Å². The first-order valence-corrected chi connectivity index (χ1v) is 8.23. The number of amides is 2. The Hall–Kier alpha value is -1.95. The van der Waals surface area contributed by atoms with Crippen molar-refractivity contribution in [1.82, 2.24) is 14.8 Å². The monoisotopic (exact) mass is 317 g/mol. The number of rotatable bonds is 2. The highest BCUT2D eigenvalue weighted by Crippen LogP contribution is 2.21. The Kier molecular flexibility index (Phi) is 4.91. The van der Waals surface area contributed by atoms with E-state index in [9.17, 15) is 9.59 Å². The molecule has 1 atom stereocenters. The molecule has 124 valence electrons. The summed E-state index contributed by atoms with van der Waals surface area (Å²) >= 11 is 0. The second kappa shape index (κ2) is 7.08. The number of pyridine rings is 1. The molecule has 2 amide bonds. The number of carbonyl (C=O) groups is 2. The number of aromatic nitrogens is 1. The van der Waals surface area contributed by atoms with Crippen LogP contribution in [0.4, 0.5) is 0 Å². The Morgan fingerprint density at radius 1 is 1.17 bits per heavy atom. The van der Waals surface area contributed by atoms with E-state index in [1.165, 1.54) is 0 Å². The quantitative estimate of drug-likeness (QED) is 0.819. The zero-order valence-corrected chi connectivity index (χ0v) is 13.5. The van der Waals surface area contributed by atoms with Gasteiger partial charge >= 0.3 is 0 Å². The van der Waals surface area contributed by atoms with Gasteiger partial charge in [-0.2, -0.15) is 0 Å². The van der Waals surface area contributed by atoms with Crippen molar-refractivity contribution in [2.75, 3.05) is 39.4 Å². The summed E-state index contributed by atoms with van der Waals surface area (Å²) in [5.74, 6) is 0.0361. The van der Waals surface area contributed by atoms with E-state index in [0.717, 1.165) is 18.5 Å². The maximum absolute atomic E-state index is 12.6. The molecule has 0 bridgehead atoms. The Morgan fingerprint density at radius 3 is 2.65 bits per heavy atom. The van der Waals surface area contributed by atoms with Crippen molar-refractivity contribution < 1.29 is 14.3 Å². The average Bonchev–Trinajstić information content (AvgIpc) is 2.62. The number of ether oxygens (including phenoxy) is 1. The maximum Gasteiger partial charge on any atom is 0.255 e. The number of morpholine rings is 1. The molecule has 2 saturated heterocycles. The fraction of sp³-hybridized carbons (Fsp3) is 0.588. The van der Waals surface area contributed by atoms with Crippen LogP contribution in [-0.4, -0.2) is 66.0 Å². The molecule has 23 heavy (non-hydrogen) atoms. The molecule has 6 nitrogen and oxygen atoms in total. The number of likely N-dealkylation sites (tertiary alicyclic amines) is 1. The van der Waals surface area contributed by atoms with E-state index >= 15 is 0 Å². The normalized spacial score (nSPS) is 22.0. The molecule has 0 aliphatic carbocycles. The van der Waals surface area contributed by atoms with Crippen molar-refractivity contribution >= 4 is 11.8 Å². The third-order valence-corrected chi connectivity index (χ3v) is 4.54. The molecule has 0 radical (unpaired) electrons. The molecule has 3 rings (SSSR count). The summed E-state index contributed by atoms with van der Waals surface area (Å²) in [4.78, 5) is 33.1. The molecule has 3 heterocycles. The van der Waals surface area contributed by atoms with E-state index < -0.39 is 0 Å². The van der Waals surface area contributed by atoms with Gasteiger partial charge in [0, 0.05) is 38.1 Å². The highest BCUT2D eigenvalue weighted by molar-refractivity contribution is 5.94. The van der Waals surface area contributed by atoms with Crippen LogP contribution >= 0.6 is 0 Å². The van der Waals surface area contributed by atoms with E-state index in [2.05, 4.69) is 4.98 Å². The molecule has 0 spiro atoms. The second-order valence-electron chi connectivity index (χ2n) is 6.22. The number of piperidine rings is 1. The summed E-state index contributed by atoms with van der Waals surface area (Å²) in [6, 6.07) is 3.64. The predicted octanol–water partition coefficient (Wildman–Crippen LogP) is 1.10. The van der Waals surface area contributed by atoms with Gasteiger partial charge < -0.3 is 14.5 Å². The summed E-state index contributed by atoms with van der Waals surface area (Å²) in [5.41, 5.74) is 1.48. The van der Waals surface area contributed by atoms with Crippen LogP contribution in [0.5, 0.6) is 0 Å².